The van der Waals surface area contributed by atoms with Crippen LogP contribution in [0.1, 0.15) is 40.5 Å². The molecule has 0 rings (SSSR count). The maximum absolute atomic E-state index is 13.4. The topological polar surface area (TPSA) is 29.5 Å². The molecule has 0 aliphatic heterocycles. The van der Waals surface area contributed by atoms with Gasteiger partial charge in [0.05, 0.1) is 11.7 Å². The van der Waals surface area contributed by atoms with E-state index in [1.165, 1.54) is 19.1 Å². The van der Waals surface area contributed by atoms with Crippen molar-refractivity contribution in [2.45, 2.75) is 46.6 Å². The normalized spacial score (nSPS) is 16.6. The lowest BCUT2D eigenvalue weighted by Gasteiger charge is -2.24. The van der Waals surface area contributed by atoms with E-state index < -0.39 is 11.9 Å². The van der Waals surface area contributed by atoms with Gasteiger partial charge in [0.15, 0.2) is 0 Å². The highest BCUT2D eigenvalue weighted by molar-refractivity contribution is 5.72. The third-order valence-corrected chi connectivity index (χ3v) is 4.22. The van der Waals surface area contributed by atoms with Crippen LogP contribution < -0.4 is 0 Å². The zero-order chi connectivity index (χ0) is 20.1. The molecule has 0 aromatic rings. The second-order valence-corrected chi connectivity index (χ2v) is 6.59. The summed E-state index contributed by atoms with van der Waals surface area (Å²) in [6, 6.07) is 0. The molecule has 5 heteroatoms. The zero-order valence-electron chi connectivity index (χ0n) is 16.7. The van der Waals surface area contributed by atoms with E-state index in [0.29, 0.717) is 6.42 Å². The lowest BCUT2D eigenvalue weighted by atomic mass is 10.00. The number of carbonyl (C=O) groups excluding carboxylic acids is 1. The third-order valence-electron chi connectivity index (χ3n) is 4.22. The SMILES string of the molecule is C=CC(F)=CCC(OC(=O)C(C)CCN(C)CC)C(C)C=CC=C(C)F. The molecule has 0 radical (unpaired) electrons. The minimum Gasteiger partial charge on any atom is -0.461 e. The summed E-state index contributed by atoms with van der Waals surface area (Å²) in [6.07, 6.45) is 7.52. The third kappa shape index (κ3) is 11.0. The molecule has 26 heavy (non-hydrogen) atoms. The van der Waals surface area contributed by atoms with Crippen LogP contribution in [-0.4, -0.2) is 37.1 Å². The van der Waals surface area contributed by atoms with Crippen molar-refractivity contribution >= 4 is 5.97 Å². The van der Waals surface area contributed by atoms with Gasteiger partial charge in [0, 0.05) is 12.3 Å². The number of carbonyl (C=O) groups is 1. The number of nitrogens with zero attached hydrogens (tertiary/aromatic N) is 1. The van der Waals surface area contributed by atoms with Crippen molar-refractivity contribution in [2.24, 2.45) is 11.8 Å². The maximum atomic E-state index is 13.4. The Morgan fingerprint density at radius 2 is 1.96 bits per heavy atom. The number of hydrogen-bond acceptors (Lipinski definition) is 3. The highest BCUT2D eigenvalue weighted by Crippen LogP contribution is 2.19. The average Bonchev–Trinajstić information content (AvgIpc) is 2.61. The Hall–Kier alpha value is -1.75. The van der Waals surface area contributed by atoms with Gasteiger partial charge in [-0.2, -0.15) is 0 Å². The molecule has 3 nitrogen and oxygen atoms in total. The van der Waals surface area contributed by atoms with E-state index in [-0.39, 0.29) is 30.1 Å². The van der Waals surface area contributed by atoms with Gasteiger partial charge >= 0.3 is 5.97 Å². The fourth-order valence-corrected chi connectivity index (χ4v) is 2.12. The molecule has 148 valence electrons. The molecule has 0 saturated heterocycles. The molecule has 0 amide bonds. The number of halogens is 2. The van der Waals surface area contributed by atoms with Crippen LogP contribution in [0.2, 0.25) is 0 Å². The summed E-state index contributed by atoms with van der Waals surface area (Å²) in [4.78, 5) is 14.5. The first-order valence-electron chi connectivity index (χ1n) is 9.08. The number of rotatable bonds is 12. The molecular formula is C21H33F2NO2. The minimum atomic E-state index is -0.524. The summed E-state index contributed by atoms with van der Waals surface area (Å²) >= 11 is 0. The van der Waals surface area contributed by atoms with Crippen molar-refractivity contribution in [1.82, 2.24) is 4.90 Å². The summed E-state index contributed by atoms with van der Waals surface area (Å²) in [6.45, 7) is 12.2. The highest BCUT2D eigenvalue weighted by Gasteiger charge is 2.23. The van der Waals surface area contributed by atoms with Crippen LogP contribution in [-0.2, 0) is 9.53 Å². The first-order chi connectivity index (χ1) is 12.2. The highest BCUT2D eigenvalue weighted by atomic mass is 19.1. The van der Waals surface area contributed by atoms with E-state index in [9.17, 15) is 13.6 Å². The zero-order valence-corrected chi connectivity index (χ0v) is 16.7. The Kier molecular flexibility index (Phi) is 12.5. The summed E-state index contributed by atoms with van der Waals surface area (Å²) in [5.41, 5.74) is 0. The lowest BCUT2D eigenvalue weighted by molar-refractivity contribution is -0.155. The number of allylic oxidation sites excluding steroid dienone is 5. The summed E-state index contributed by atoms with van der Waals surface area (Å²) in [5.74, 6) is -1.50. The standard InChI is InChI=1S/C21H33F2NO2/c1-7-19(23)12-13-20(16(3)10-9-11-18(5)22)26-21(25)17(4)14-15-24(6)8-2/h7,9-12,16-17,20H,1,8,13-15H2,2-6H3. The molecule has 0 fully saturated rings. The van der Waals surface area contributed by atoms with Crippen LogP contribution in [0.3, 0.4) is 0 Å². The first kappa shape index (κ1) is 24.2. The van der Waals surface area contributed by atoms with Crippen LogP contribution in [0.4, 0.5) is 8.78 Å². The van der Waals surface area contributed by atoms with Crippen LogP contribution in [0.25, 0.3) is 0 Å². The first-order valence-corrected chi connectivity index (χ1v) is 9.08. The smallest absolute Gasteiger partial charge is 0.309 e. The van der Waals surface area contributed by atoms with Gasteiger partial charge < -0.3 is 9.64 Å². The van der Waals surface area contributed by atoms with Gasteiger partial charge in [-0.3, -0.25) is 4.79 Å². The van der Waals surface area contributed by atoms with Crippen LogP contribution >= 0.6 is 0 Å². The molecule has 0 heterocycles. The van der Waals surface area contributed by atoms with Crippen LogP contribution in [0.5, 0.6) is 0 Å². The molecule has 0 aliphatic rings. The van der Waals surface area contributed by atoms with E-state index >= 15 is 0 Å². The predicted octanol–water partition coefficient (Wildman–Crippen LogP) is 5.37. The molecular weight excluding hydrogens is 336 g/mol. The van der Waals surface area contributed by atoms with Crippen LogP contribution in [0.15, 0.2) is 48.6 Å². The quantitative estimate of drug-likeness (QED) is 0.342. The molecule has 0 aromatic carbocycles. The second-order valence-electron chi connectivity index (χ2n) is 6.59. The van der Waals surface area contributed by atoms with Crippen molar-refractivity contribution in [3.05, 3.63) is 48.6 Å². The number of ether oxygens (including phenoxy) is 1. The Morgan fingerprint density at radius 1 is 1.31 bits per heavy atom. The molecule has 0 saturated carbocycles. The molecule has 3 unspecified atom stereocenters. The van der Waals surface area contributed by atoms with Gasteiger partial charge in [0.2, 0.25) is 0 Å². The molecule has 0 aliphatic carbocycles. The van der Waals surface area contributed by atoms with Crippen molar-refractivity contribution in [1.29, 1.82) is 0 Å². The fourth-order valence-electron chi connectivity index (χ4n) is 2.12. The number of esters is 1. The molecule has 0 bridgehead atoms. The Balaban J connectivity index is 4.97. The largest absolute Gasteiger partial charge is 0.461 e. The van der Waals surface area contributed by atoms with Crippen molar-refractivity contribution in [3.63, 3.8) is 0 Å². The Bertz CT molecular complexity index is 522. The van der Waals surface area contributed by atoms with Gasteiger partial charge in [-0.05, 0) is 51.7 Å². The van der Waals surface area contributed by atoms with Gasteiger partial charge in [0.25, 0.3) is 0 Å². The van der Waals surface area contributed by atoms with Gasteiger partial charge in [-0.15, -0.1) is 0 Å². The van der Waals surface area contributed by atoms with E-state index in [1.807, 2.05) is 20.9 Å². The maximum Gasteiger partial charge on any atom is 0.309 e. The van der Waals surface area contributed by atoms with Crippen molar-refractivity contribution in [2.75, 3.05) is 20.1 Å². The van der Waals surface area contributed by atoms with E-state index in [0.717, 1.165) is 19.2 Å². The lowest BCUT2D eigenvalue weighted by Crippen LogP contribution is -2.29. The number of hydrogen-bond donors (Lipinski definition) is 0. The van der Waals surface area contributed by atoms with Crippen molar-refractivity contribution < 1.29 is 18.3 Å². The van der Waals surface area contributed by atoms with E-state index in [1.54, 1.807) is 12.2 Å². The van der Waals surface area contributed by atoms with E-state index in [2.05, 4.69) is 18.4 Å². The molecule has 0 N–H and O–H groups in total. The van der Waals surface area contributed by atoms with Crippen molar-refractivity contribution in [3.8, 4) is 0 Å². The minimum absolute atomic E-state index is 0.186. The second kappa shape index (κ2) is 13.5. The predicted molar refractivity (Wildman–Crippen MR) is 104 cm³/mol. The van der Waals surface area contributed by atoms with Crippen LogP contribution in [0, 0.1) is 11.8 Å². The monoisotopic (exact) mass is 369 g/mol. The average molecular weight is 369 g/mol. The van der Waals surface area contributed by atoms with Gasteiger partial charge in [-0.25, -0.2) is 8.78 Å². The molecule has 0 aromatic heterocycles. The molecule has 3 atom stereocenters. The molecule has 0 spiro atoms. The summed E-state index contributed by atoms with van der Waals surface area (Å²) < 4.78 is 31.8. The van der Waals surface area contributed by atoms with Gasteiger partial charge in [0.1, 0.15) is 11.9 Å². The Morgan fingerprint density at radius 3 is 2.50 bits per heavy atom. The summed E-state index contributed by atoms with van der Waals surface area (Å²) in [5, 5.41) is 0. The Labute approximate surface area is 157 Å². The summed E-state index contributed by atoms with van der Waals surface area (Å²) in [7, 11) is 2.00. The van der Waals surface area contributed by atoms with E-state index in [4.69, 9.17) is 4.74 Å². The van der Waals surface area contributed by atoms with Gasteiger partial charge in [-0.1, -0.05) is 39.5 Å². The fraction of sp³-hybridized carbons (Fsp3) is 0.571.